The van der Waals surface area contributed by atoms with E-state index in [1.54, 1.807) is 0 Å². The first-order valence-corrected chi connectivity index (χ1v) is 6.52. The third-order valence-corrected chi connectivity index (χ3v) is 3.16. The van der Waals surface area contributed by atoms with Crippen LogP contribution in [0.25, 0.3) is 0 Å². The van der Waals surface area contributed by atoms with Crippen LogP contribution in [0, 0.1) is 6.92 Å². The molecule has 3 heteroatoms. The molecule has 0 unspecified atom stereocenters. The number of nitrogens with one attached hydrogen (secondary N) is 1. The van der Waals surface area contributed by atoms with Gasteiger partial charge in [-0.3, -0.25) is 4.79 Å². The van der Waals surface area contributed by atoms with Crippen LogP contribution in [0.15, 0.2) is 35.1 Å². The number of nitrogens with zero attached hydrogens (tertiary/aromatic N) is 1. The second-order valence-electron chi connectivity index (χ2n) is 5.89. The maximum atomic E-state index is 12.2. The van der Waals surface area contributed by atoms with Gasteiger partial charge in [0.05, 0.1) is 0 Å². The molecule has 19 heavy (non-hydrogen) atoms. The summed E-state index contributed by atoms with van der Waals surface area (Å²) in [7, 11) is 0. The van der Waals surface area contributed by atoms with Gasteiger partial charge in [-0.25, -0.2) is 4.98 Å². The van der Waals surface area contributed by atoms with Gasteiger partial charge in [0.1, 0.15) is 5.82 Å². The monoisotopic (exact) mass is 256 g/mol. The van der Waals surface area contributed by atoms with Crippen molar-refractivity contribution in [3.8, 4) is 0 Å². The number of hydrogen-bond donors (Lipinski definition) is 1. The second-order valence-corrected chi connectivity index (χ2v) is 5.89. The maximum Gasteiger partial charge on any atom is 0.254 e. The van der Waals surface area contributed by atoms with Crippen LogP contribution < -0.4 is 5.56 Å². The number of rotatable bonds is 2. The Morgan fingerprint density at radius 1 is 1.16 bits per heavy atom. The molecule has 1 heterocycles. The van der Waals surface area contributed by atoms with Crippen molar-refractivity contribution in [2.75, 3.05) is 0 Å². The Hall–Kier alpha value is -1.90. The summed E-state index contributed by atoms with van der Waals surface area (Å²) < 4.78 is 0. The smallest absolute Gasteiger partial charge is 0.254 e. The van der Waals surface area contributed by atoms with Crippen molar-refractivity contribution < 1.29 is 0 Å². The number of H-pyrrole nitrogens is 1. The van der Waals surface area contributed by atoms with E-state index < -0.39 is 0 Å². The number of aryl methyl sites for hydroxylation is 1. The maximum absolute atomic E-state index is 12.2. The predicted octanol–water partition coefficient (Wildman–Crippen LogP) is 2.97. The summed E-state index contributed by atoms with van der Waals surface area (Å²) in [5, 5.41) is 0. The van der Waals surface area contributed by atoms with Crippen molar-refractivity contribution in [1.29, 1.82) is 0 Å². The molecule has 0 saturated carbocycles. The summed E-state index contributed by atoms with van der Waals surface area (Å²) in [4.78, 5) is 19.7. The lowest BCUT2D eigenvalue weighted by Crippen LogP contribution is -2.25. The molecule has 1 aromatic carbocycles. The molecule has 0 aliphatic rings. The third-order valence-electron chi connectivity index (χ3n) is 3.16. The first-order chi connectivity index (χ1) is 8.88. The Labute approximate surface area is 113 Å². The molecule has 0 bridgehead atoms. The molecular weight excluding hydrogens is 236 g/mol. The van der Waals surface area contributed by atoms with Gasteiger partial charge in [0.15, 0.2) is 0 Å². The minimum absolute atomic E-state index is 0.0266. The molecule has 2 rings (SSSR count). The van der Waals surface area contributed by atoms with Gasteiger partial charge in [0.2, 0.25) is 0 Å². The number of hydrogen-bond acceptors (Lipinski definition) is 2. The fourth-order valence-electron chi connectivity index (χ4n) is 1.97. The van der Waals surface area contributed by atoms with Crippen molar-refractivity contribution in [3.05, 3.63) is 63.3 Å². The molecule has 1 aromatic heterocycles. The zero-order chi connectivity index (χ0) is 14.0. The van der Waals surface area contributed by atoms with Crippen LogP contribution in [0.1, 0.15) is 43.4 Å². The molecule has 0 saturated heterocycles. The molecule has 2 aromatic rings. The average Bonchev–Trinajstić information content (AvgIpc) is 2.33. The Morgan fingerprint density at radius 3 is 2.32 bits per heavy atom. The van der Waals surface area contributed by atoms with Crippen LogP contribution in [0.5, 0.6) is 0 Å². The van der Waals surface area contributed by atoms with E-state index in [0.717, 1.165) is 22.6 Å². The Kier molecular flexibility index (Phi) is 3.56. The van der Waals surface area contributed by atoms with Crippen LogP contribution in [-0.2, 0) is 11.8 Å². The van der Waals surface area contributed by atoms with E-state index in [1.807, 2.05) is 58.0 Å². The summed E-state index contributed by atoms with van der Waals surface area (Å²) in [5.74, 6) is 0.742. The van der Waals surface area contributed by atoms with Gasteiger partial charge >= 0.3 is 0 Å². The highest BCUT2D eigenvalue weighted by Crippen LogP contribution is 2.18. The fraction of sp³-hybridized carbons (Fsp3) is 0.375. The summed E-state index contributed by atoms with van der Waals surface area (Å²) in [6.07, 6.45) is 0.624. The van der Waals surface area contributed by atoms with Gasteiger partial charge < -0.3 is 4.98 Å². The van der Waals surface area contributed by atoms with Crippen LogP contribution >= 0.6 is 0 Å². The summed E-state index contributed by atoms with van der Waals surface area (Å²) in [5.41, 5.74) is 2.52. The molecule has 1 N–H and O–H groups in total. The van der Waals surface area contributed by atoms with E-state index in [2.05, 4.69) is 9.97 Å². The lowest BCUT2D eigenvalue weighted by molar-refractivity contribution is 0.538. The molecule has 0 radical (unpaired) electrons. The molecule has 0 aliphatic carbocycles. The summed E-state index contributed by atoms with van der Waals surface area (Å²) >= 11 is 0. The Bertz CT molecular complexity index is 621. The van der Waals surface area contributed by atoms with Gasteiger partial charge in [0, 0.05) is 23.1 Å². The second kappa shape index (κ2) is 5.00. The van der Waals surface area contributed by atoms with Gasteiger partial charge in [-0.15, -0.1) is 0 Å². The van der Waals surface area contributed by atoms with E-state index in [9.17, 15) is 4.79 Å². The van der Waals surface area contributed by atoms with Crippen molar-refractivity contribution in [1.82, 2.24) is 9.97 Å². The highest BCUT2D eigenvalue weighted by Gasteiger charge is 2.19. The largest absolute Gasteiger partial charge is 0.310 e. The van der Waals surface area contributed by atoms with Crippen LogP contribution in [0.2, 0.25) is 0 Å². The standard InChI is InChI=1S/C16H20N2O/c1-11-13(10-12-8-6-5-7-9-12)14(19)18-15(17-11)16(2,3)4/h5-9H,10H2,1-4H3,(H,17,18,19). The fourth-order valence-corrected chi connectivity index (χ4v) is 1.97. The van der Waals surface area contributed by atoms with Crippen LogP contribution in [-0.4, -0.2) is 9.97 Å². The highest BCUT2D eigenvalue weighted by atomic mass is 16.1. The molecule has 0 fully saturated rings. The van der Waals surface area contributed by atoms with E-state index >= 15 is 0 Å². The highest BCUT2D eigenvalue weighted by molar-refractivity contribution is 5.27. The zero-order valence-corrected chi connectivity index (χ0v) is 11.9. The summed E-state index contributed by atoms with van der Waals surface area (Å²) in [6.45, 7) is 8.04. The Morgan fingerprint density at radius 2 is 1.79 bits per heavy atom. The van der Waals surface area contributed by atoms with Crippen LogP contribution in [0.4, 0.5) is 0 Å². The van der Waals surface area contributed by atoms with Gasteiger partial charge in [-0.2, -0.15) is 0 Å². The molecule has 100 valence electrons. The molecule has 0 amide bonds. The molecular formula is C16H20N2O. The number of benzene rings is 1. The third kappa shape index (κ3) is 3.11. The molecule has 0 atom stereocenters. The molecule has 0 aliphatic heterocycles. The van der Waals surface area contributed by atoms with E-state index in [-0.39, 0.29) is 11.0 Å². The van der Waals surface area contributed by atoms with Crippen molar-refractivity contribution in [3.63, 3.8) is 0 Å². The topological polar surface area (TPSA) is 45.8 Å². The van der Waals surface area contributed by atoms with E-state index in [4.69, 9.17) is 0 Å². The van der Waals surface area contributed by atoms with Crippen molar-refractivity contribution in [2.45, 2.75) is 39.5 Å². The van der Waals surface area contributed by atoms with E-state index in [0.29, 0.717) is 6.42 Å². The minimum Gasteiger partial charge on any atom is -0.310 e. The Balaban J connectivity index is 2.41. The summed E-state index contributed by atoms with van der Waals surface area (Å²) in [6, 6.07) is 9.99. The first-order valence-electron chi connectivity index (χ1n) is 6.52. The number of aromatic nitrogens is 2. The minimum atomic E-state index is -0.144. The number of aromatic amines is 1. The normalized spacial score (nSPS) is 11.6. The van der Waals surface area contributed by atoms with Gasteiger partial charge in [0.25, 0.3) is 5.56 Å². The lowest BCUT2D eigenvalue weighted by atomic mass is 9.95. The first kappa shape index (κ1) is 13.5. The van der Waals surface area contributed by atoms with Crippen molar-refractivity contribution in [2.24, 2.45) is 0 Å². The van der Waals surface area contributed by atoms with Crippen LogP contribution in [0.3, 0.4) is 0 Å². The van der Waals surface area contributed by atoms with Gasteiger partial charge in [-0.05, 0) is 12.5 Å². The predicted molar refractivity (Wildman–Crippen MR) is 77.5 cm³/mol. The average molecular weight is 256 g/mol. The van der Waals surface area contributed by atoms with Crippen molar-refractivity contribution >= 4 is 0 Å². The molecule has 0 spiro atoms. The SMILES string of the molecule is Cc1nc(C(C)(C)C)[nH]c(=O)c1Cc1ccccc1. The van der Waals surface area contributed by atoms with Gasteiger partial charge in [-0.1, -0.05) is 51.1 Å². The quantitative estimate of drug-likeness (QED) is 0.898. The lowest BCUT2D eigenvalue weighted by Gasteiger charge is -2.18. The van der Waals surface area contributed by atoms with E-state index in [1.165, 1.54) is 0 Å². The zero-order valence-electron chi connectivity index (χ0n) is 11.9. The molecule has 3 nitrogen and oxygen atoms in total.